The number of hydrogen-bond acceptors (Lipinski definition) is 3. The molecular weight excluding hydrogens is 212 g/mol. The third-order valence-corrected chi connectivity index (χ3v) is 3.38. The van der Waals surface area contributed by atoms with Gasteiger partial charge in [-0.25, -0.2) is 0 Å². The summed E-state index contributed by atoms with van der Waals surface area (Å²) in [7, 11) is 1.99. The molecule has 0 aliphatic heterocycles. The van der Waals surface area contributed by atoms with Crippen molar-refractivity contribution >= 4 is 0 Å². The normalized spacial score (nSPS) is 12.4. The number of nitrogens with zero attached hydrogens (tertiary/aromatic N) is 3. The summed E-state index contributed by atoms with van der Waals surface area (Å²) >= 11 is 0. The molecule has 0 aromatic carbocycles. The fraction of sp³-hybridized carbons (Fsp3) is 0.769. The van der Waals surface area contributed by atoms with E-state index in [1.807, 2.05) is 17.9 Å². The second-order valence-electron chi connectivity index (χ2n) is 5.55. The van der Waals surface area contributed by atoms with Gasteiger partial charge in [0.25, 0.3) is 0 Å². The van der Waals surface area contributed by atoms with E-state index in [0.29, 0.717) is 0 Å². The molecule has 0 saturated carbocycles. The average molecular weight is 238 g/mol. The third kappa shape index (κ3) is 3.82. The van der Waals surface area contributed by atoms with Crippen LogP contribution in [-0.4, -0.2) is 34.3 Å². The minimum absolute atomic E-state index is 0.173. The largest absolute Gasteiger partial charge is 0.330 e. The Labute approximate surface area is 105 Å². The predicted molar refractivity (Wildman–Crippen MR) is 71.7 cm³/mol. The van der Waals surface area contributed by atoms with Gasteiger partial charge in [0.15, 0.2) is 0 Å². The molecule has 0 saturated heterocycles. The van der Waals surface area contributed by atoms with Gasteiger partial charge in [-0.05, 0) is 25.4 Å². The first kappa shape index (κ1) is 14.2. The van der Waals surface area contributed by atoms with Crippen LogP contribution in [0.4, 0.5) is 0 Å². The number of rotatable bonds is 6. The Bertz CT molecular complexity index is 354. The second-order valence-corrected chi connectivity index (χ2v) is 5.55. The van der Waals surface area contributed by atoms with Crippen LogP contribution in [0.15, 0.2) is 6.20 Å². The zero-order chi connectivity index (χ0) is 13.1. The molecule has 17 heavy (non-hydrogen) atoms. The van der Waals surface area contributed by atoms with Gasteiger partial charge in [0.1, 0.15) is 0 Å². The molecule has 1 aromatic rings. The first-order valence-corrected chi connectivity index (χ1v) is 6.29. The highest BCUT2D eigenvalue weighted by molar-refractivity contribution is 5.15. The predicted octanol–water partition coefficient (Wildman–Crippen LogP) is 1.54. The summed E-state index contributed by atoms with van der Waals surface area (Å²) in [5.41, 5.74) is 8.52. The maximum Gasteiger partial charge on any atom is 0.0537 e. The van der Waals surface area contributed by atoms with Crippen molar-refractivity contribution in [2.75, 3.05) is 19.6 Å². The number of aryl methyl sites for hydroxylation is 1. The van der Waals surface area contributed by atoms with E-state index in [2.05, 4.69) is 37.7 Å². The summed E-state index contributed by atoms with van der Waals surface area (Å²) < 4.78 is 1.93. The van der Waals surface area contributed by atoms with E-state index in [-0.39, 0.29) is 5.41 Å². The molecule has 1 aromatic heterocycles. The molecule has 1 heterocycles. The van der Waals surface area contributed by atoms with E-state index in [0.717, 1.165) is 26.2 Å². The van der Waals surface area contributed by atoms with Gasteiger partial charge < -0.3 is 5.73 Å². The zero-order valence-electron chi connectivity index (χ0n) is 11.8. The highest BCUT2D eigenvalue weighted by Gasteiger charge is 2.20. The van der Waals surface area contributed by atoms with Crippen molar-refractivity contribution in [1.82, 2.24) is 14.7 Å². The Morgan fingerprint density at radius 1 is 1.47 bits per heavy atom. The van der Waals surface area contributed by atoms with Gasteiger partial charge in [0.05, 0.1) is 6.20 Å². The maximum atomic E-state index is 5.79. The van der Waals surface area contributed by atoms with Crippen LogP contribution in [0, 0.1) is 12.3 Å². The highest BCUT2D eigenvalue weighted by atomic mass is 15.3. The number of hydrogen-bond donors (Lipinski definition) is 1. The Kier molecular flexibility index (Phi) is 4.71. The van der Waals surface area contributed by atoms with Gasteiger partial charge in [-0.2, -0.15) is 5.10 Å². The minimum atomic E-state index is 0.173. The molecule has 0 unspecified atom stereocenters. The summed E-state index contributed by atoms with van der Waals surface area (Å²) in [6, 6.07) is 0. The number of aromatic nitrogens is 2. The van der Waals surface area contributed by atoms with Crippen molar-refractivity contribution in [2.45, 2.75) is 34.2 Å². The van der Waals surface area contributed by atoms with Crippen LogP contribution in [0.1, 0.15) is 32.0 Å². The molecule has 0 aliphatic carbocycles. The Morgan fingerprint density at radius 3 is 2.53 bits per heavy atom. The summed E-state index contributed by atoms with van der Waals surface area (Å²) in [6.07, 6.45) is 1.97. The van der Waals surface area contributed by atoms with Crippen molar-refractivity contribution in [2.24, 2.45) is 18.2 Å². The lowest BCUT2D eigenvalue weighted by Crippen LogP contribution is -2.38. The molecule has 0 aliphatic rings. The maximum absolute atomic E-state index is 5.79. The molecule has 0 amide bonds. The average Bonchev–Trinajstić information content (AvgIpc) is 2.60. The molecule has 4 heteroatoms. The highest BCUT2D eigenvalue weighted by Crippen LogP contribution is 2.17. The van der Waals surface area contributed by atoms with Crippen LogP contribution in [0.5, 0.6) is 0 Å². The molecular formula is C13H26N4. The second kappa shape index (κ2) is 5.65. The molecule has 4 nitrogen and oxygen atoms in total. The van der Waals surface area contributed by atoms with Crippen LogP contribution >= 0.6 is 0 Å². The molecule has 98 valence electrons. The van der Waals surface area contributed by atoms with E-state index < -0.39 is 0 Å². The summed E-state index contributed by atoms with van der Waals surface area (Å²) in [4.78, 5) is 2.43. The summed E-state index contributed by atoms with van der Waals surface area (Å²) in [6.45, 7) is 12.5. The van der Waals surface area contributed by atoms with Gasteiger partial charge in [-0.1, -0.05) is 20.8 Å². The van der Waals surface area contributed by atoms with Crippen molar-refractivity contribution in [3.8, 4) is 0 Å². The van der Waals surface area contributed by atoms with Crippen molar-refractivity contribution in [3.63, 3.8) is 0 Å². The Morgan fingerprint density at radius 2 is 2.12 bits per heavy atom. The van der Waals surface area contributed by atoms with Gasteiger partial charge in [0, 0.05) is 31.4 Å². The van der Waals surface area contributed by atoms with Crippen LogP contribution in [0.25, 0.3) is 0 Å². The monoisotopic (exact) mass is 238 g/mol. The lowest BCUT2D eigenvalue weighted by atomic mass is 9.93. The van der Waals surface area contributed by atoms with E-state index in [1.165, 1.54) is 11.3 Å². The van der Waals surface area contributed by atoms with Crippen molar-refractivity contribution < 1.29 is 0 Å². The van der Waals surface area contributed by atoms with Crippen LogP contribution in [-0.2, 0) is 13.6 Å². The zero-order valence-corrected chi connectivity index (χ0v) is 11.8. The quantitative estimate of drug-likeness (QED) is 0.817. The summed E-state index contributed by atoms with van der Waals surface area (Å²) in [5.74, 6) is 0. The Hall–Kier alpha value is -0.870. The smallest absolute Gasteiger partial charge is 0.0537 e. The summed E-state index contributed by atoms with van der Waals surface area (Å²) in [5, 5.41) is 4.29. The molecule has 0 radical (unpaired) electrons. The molecule has 0 atom stereocenters. The minimum Gasteiger partial charge on any atom is -0.330 e. The van der Waals surface area contributed by atoms with Crippen LogP contribution in [0.2, 0.25) is 0 Å². The molecule has 0 fully saturated rings. The lowest BCUT2D eigenvalue weighted by Gasteiger charge is -2.30. The van der Waals surface area contributed by atoms with E-state index >= 15 is 0 Å². The molecule has 1 rings (SSSR count). The first-order valence-electron chi connectivity index (χ1n) is 6.29. The van der Waals surface area contributed by atoms with Gasteiger partial charge in [-0.15, -0.1) is 0 Å². The third-order valence-electron chi connectivity index (χ3n) is 3.38. The lowest BCUT2D eigenvalue weighted by molar-refractivity contribution is 0.183. The van der Waals surface area contributed by atoms with Crippen molar-refractivity contribution in [3.05, 3.63) is 17.5 Å². The van der Waals surface area contributed by atoms with E-state index in [1.54, 1.807) is 0 Å². The fourth-order valence-electron chi connectivity index (χ4n) is 1.89. The van der Waals surface area contributed by atoms with Crippen LogP contribution < -0.4 is 5.73 Å². The van der Waals surface area contributed by atoms with Crippen LogP contribution in [0.3, 0.4) is 0 Å². The van der Waals surface area contributed by atoms with E-state index in [4.69, 9.17) is 5.73 Å². The SMILES string of the molecule is CCN(Cc1cnn(C)c1C)CC(C)(C)CN. The Balaban J connectivity index is 2.67. The number of nitrogens with two attached hydrogens (primary N) is 1. The fourth-order valence-corrected chi connectivity index (χ4v) is 1.89. The molecule has 0 bridgehead atoms. The molecule has 2 N–H and O–H groups in total. The van der Waals surface area contributed by atoms with Crippen molar-refractivity contribution in [1.29, 1.82) is 0 Å². The van der Waals surface area contributed by atoms with E-state index in [9.17, 15) is 0 Å². The topological polar surface area (TPSA) is 47.1 Å². The molecule has 0 spiro atoms. The van der Waals surface area contributed by atoms with Gasteiger partial charge in [0.2, 0.25) is 0 Å². The van der Waals surface area contributed by atoms with Gasteiger partial charge in [-0.3, -0.25) is 9.58 Å². The standard InChI is InChI=1S/C13H26N4/c1-6-17(10-13(3,4)9-14)8-12-7-15-16(5)11(12)2/h7H,6,8-10,14H2,1-5H3. The van der Waals surface area contributed by atoms with Gasteiger partial charge >= 0.3 is 0 Å². The first-order chi connectivity index (χ1) is 7.89.